The van der Waals surface area contributed by atoms with Gasteiger partial charge in [-0.15, -0.1) is 24.8 Å². The van der Waals surface area contributed by atoms with Crippen LogP contribution in [0.2, 0.25) is 0 Å². The van der Waals surface area contributed by atoms with Crippen LogP contribution in [-0.4, -0.2) is 51.3 Å². The maximum atomic E-state index is 5.39. The van der Waals surface area contributed by atoms with Crippen molar-refractivity contribution in [1.29, 1.82) is 0 Å². The first kappa shape index (κ1) is 17.5. The standard InChI is InChI=1S/C12H24N2O.2ClH/c1-14(10-12-2-5-13-8-12)9-11-3-6-15-7-4-11;;/h11-13H,2-10H2,1H3;2*1H. The van der Waals surface area contributed by atoms with E-state index in [-0.39, 0.29) is 24.8 Å². The summed E-state index contributed by atoms with van der Waals surface area (Å²) in [5.74, 6) is 1.76. The summed E-state index contributed by atoms with van der Waals surface area (Å²) in [7, 11) is 2.27. The molecule has 2 aliphatic rings. The Labute approximate surface area is 117 Å². The molecule has 2 rings (SSSR count). The van der Waals surface area contributed by atoms with E-state index in [2.05, 4.69) is 17.3 Å². The van der Waals surface area contributed by atoms with Crippen molar-refractivity contribution in [3.8, 4) is 0 Å². The van der Waals surface area contributed by atoms with E-state index in [1.165, 1.54) is 45.4 Å². The number of ether oxygens (including phenoxy) is 1. The summed E-state index contributed by atoms with van der Waals surface area (Å²) >= 11 is 0. The maximum absolute atomic E-state index is 5.39. The average Bonchev–Trinajstić information content (AvgIpc) is 2.71. The van der Waals surface area contributed by atoms with Crippen molar-refractivity contribution in [2.24, 2.45) is 11.8 Å². The van der Waals surface area contributed by atoms with Crippen LogP contribution in [0.4, 0.5) is 0 Å². The van der Waals surface area contributed by atoms with Gasteiger partial charge in [-0.25, -0.2) is 0 Å². The van der Waals surface area contributed by atoms with Crippen molar-refractivity contribution < 1.29 is 4.74 Å². The summed E-state index contributed by atoms with van der Waals surface area (Å²) in [5, 5.41) is 3.43. The van der Waals surface area contributed by atoms with Crippen LogP contribution >= 0.6 is 24.8 Å². The fraction of sp³-hybridized carbons (Fsp3) is 1.00. The second-order valence-electron chi connectivity index (χ2n) is 5.14. The molecule has 2 aliphatic heterocycles. The molecule has 17 heavy (non-hydrogen) atoms. The number of nitrogens with one attached hydrogen (secondary N) is 1. The summed E-state index contributed by atoms with van der Waals surface area (Å²) < 4.78 is 5.39. The lowest BCUT2D eigenvalue weighted by Crippen LogP contribution is -2.33. The van der Waals surface area contributed by atoms with E-state index in [0.717, 1.165) is 25.0 Å². The van der Waals surface area contributed by atoms with Crippen molar-refractivity contribution in [3.05, 3.63) is 0 Å². The summed E-state index contributed by atoms with van der Waals surface area (Å²) in [5.41, 5.74) is 0. The smallest absolute Gasteiger partial charge is 0.0469 e. The van der Waals surface area contributed by atoms with Crippen LogP contribution in [-0.2, 0) is 4.74 Å². The van der Waals surface area contributed by atoms with Crippen LogP contribution in [0.5, 0.6) is 0 Å². The van der Waals surface area contributed by atoms with Gasteiger partial charge < -0.3 is 15.0 Å². The topological polar surface area (TPSA) is 24.5 Å². The average molecular weight is 285 g/mol. The largest absolute Gasteiger partial charge is 0.381 e. The zero-order chi connectivity index (χ0) is 10.5. The normalized spacial score (nSPS) is 25.4. The van der Waals surface area contributed by atoms with E-state index >= 15 is 0 Å². The SMILES string of the molecule is CN(CC1CCOCC1)CC1CCNC1.Cl.Cl. The molecule has 0 aromatic rings. The van der Waals surface area contributed by atoms with Crippen molar-refractivity contribution in [1.82, 2.24) is 10.2 Å². The maximum Gasteiger partial charge on any atom is 0.0469 e. The lowest BCUT2D eigenvalue weighted by Gasteiger charge is -2.28. The summed E-state index contributed by atoms with van der Waals surface area (Å²) in [6, 6.07) is 0. The Morgan fingerprint density at radius 3 is 2.29 bits per heavy atom. The Hall–Kier alpha value is 0.460. The molecule has 2 saturated heterocycles. The minimum atomic E-state index is 0. The van der Waals surface area contributed by atoms with Gasteiger partial charge in [0.25, 0.3) is 0 Å². The highest BCUT2D eigenvalue weighted by Gasteiger charge is 2.19. The third-order valence-corrected chi connectivity index (χ3v) is 3.64. The fourth-order valence-electron chi connectivity index (χ4n) is 2.76. The van der Waals surface area contributed by atoms with Gasteiger partial charge in [0.1, 0.15) is 0 Å². The minimum Gasteiger partial charge on any atom is -0.381 e. The van der Waals surface area contributed by atoms with Gasteiger partial charge in [-0.2, -0.15) is 0 Å². The monoisotopic (exact) mass is 284 g/mol. The Kier molecular flexibility index (Phi) is 9.65. The van der Waals surface area contributed by atoms with Crippen LogP contribution in [0.1, 0.15) is 19.3 Å². The minimum absolute atomic E-state index is 0. The second kappa shape index (κ2) is 9.40. The highest BCUT2D eigenvalue weighted by Crippen LogP contribution is 2.17. The van der Waals surface area contributed by atoms with Crippen molar-refractivity contribution >= 4 is 24.8 Å². The van der Waals surface area contributed by atoms with E-state index in [9.17, 15) is 0 Å². The highest BCUT2D eigenvalue weighted by atomic mass is 35.5. The quantitative estimate of drug-likeness (QED) is 0.852. The first-order valence-electron chi connectivity index (χ1n) is 6.31. The molecule has 3 nitrogen and oxygen atoms in total. The van der Waals surface area contributed by atoms with E-state index in [1.807, 2.05) is 0 Å². The molecule has 0 bridgehead atoms. The zero-order valence-corrected chi connectivity index (χ0v) is 12.3. The molecule has 0 aromatic carbocycles. The molecule has 0 saturated carbocycles. The molecular weight excluding hydrogens is 259 g/mol. The predicted molar refractivity (Wildman–Crippen MR) is 76.5 cm³/mol. The molecule has 1 N–H and O–H groups in total. The summed E-state index contributed by atoms with van der Waals surface area (Å²) in [6.45, 7) is 6.92. The summed E-state index contributed by atoms with van der Waals surface area (Å²) in [6.07, 6.45) is 3.87. The van der Waals surface area contributed by atoms with E-state index in [0.29, 0.717) is 0 Å². The van der Waals surface area contributed by atoms with Gasteiger partial charge in [-0.05, 0) is 51.2 Å². The Balaban J connectivity index is 0.00000128. The van der Waals surface area contributed by atoms with Crippen molar-refractivity contribution in [2.45, 2.75) is 19.3 Å². The zero-order valence-electron chi connectivity index (χ0n) is 10.7. The number of rotatable bonds is 4. The first-order valence-corrected chi connectivity index (χ1v) is 6.31. The van der Waals surface area contributed by atoms with Crippen LogP contribution < -0.4 is 5.32 Å². The molecule has 5 heteroatoms. The van der Waals surface area contributed by atoms with Crippen LogP contribution in [0, 0.1) is 11.8 Å². The lowest BCUT2D eigenvalue weighted by molar-refractivity contribution is 0.0543. The second-order valence-corrected chi connectivity index (χ2v) is 5.14. The predicted octanol–water partition coefficient (Wildman–Crippen LogP) is 1.80. The number of hydrogen-bond acceptors (Lipinski definition) is 3. The van der Waals surface area contributed by atoms with Crippen LogP contribution in [0.25, 0.3) is 0 Å². The van der Waals surface area contributed by atoms with Crippen LogP contribution in [0.15, 0.2) is 0 Å². The molecule has 0 aromatic heterocycles. The Morgan fingerprint density at radius 1 is 1.06 bits per heavy atom. The fourth-order valence-corrected chi connectivity index (χ4v) is 2.76. The molecule has 0 amide bonds. The third kappa shape index (κ3) is 6.25. The molecule has 2 fully saturated rings. The molecule has 0 aliphatic carbocycles. The molecule has 2 heterocycles. The lowest BCUT2D eigenvalue weighted by atomic mass is 9.99. The van der Waals surface area contributed by atoms with Gasteiger partial charge >= 0.3 is 0 Å². The van der Waals surface area contributed by atoms with Crippen molar-refractivity contribution in [3.63, 3.8) is 0 Å². The number of nitrogens with zero attached hydrogens (tertiary/aromatic N) is 1. The number of hydrogen-bond donors (Lipinski definition) is 1. The van der Waals surface area contributed by atoms with E-state index in [1.54, 1.807) is 0 Å². The number of halogens is 2. The van der Waals surface area contributed by atoms with Gasteiger partial charge in [0.2, 0.25) is 0 Å². The van der Waals surface area contributed by atoms with Gasteiger partial charge in [-0.1, -0.05) is 0 Å². The molecule has 1 atom stereocenters. The molecule has 104 valence electrons. The summed E-state index contributed by atoms with van der Waals surface area (Å²) in [4.78, 5) is 2.52. The van der Waals surface area contributed by atoms with Crippen molar-refractivity contribution in [2.75, 3.05) is 46.4 Å². The van der Waals surface area contributed by atoms with Gasteiger partial charge in [0.15, 0.2) is 0 Å². The third-order valence-electron chi connectivity index (χ3n) is 3.64. The van der Waals surface area contributed by atoms with Gasteiger partial charge in [-0.3, -0.25) is 0 Å². The molecule has 0 spiro atoms. The van der Waals surface area contributed by atoms with E-state index < -0.39 is 0 Å². The Morgan fingerprint density at radius 2 is 1.71 bits per heavy atom. The first-order chi connectivity index (χ1) is 7.34. The van der Waals surface area contributed by atoms with E-state index in [4.69, 9.17) is 4.74 Å². The molecule has 0 radical (unpaired) electrons. The van der Waals surface area contributed by atoms with Crippen LogP contribution in [0.3, 0.4) is 0 Å². The molecular formula is C12H26Cl2N2O. The van der Waals surface area contributed by atoms with Gasteiger partial charge in [0, 0.05) is 26.3 Å². The Bertz CT molecular complexity index is 183. The highest BCUT2D eigenvalue weighted by molar-refractivity contribution is 5.85. The molecule has 1 unspecified atom stereocenters. The van der Waals surface area contributed by atoms with Gasteiger partial charge in [0.05, 0.1) is 0 Å².